The molecule has 1 N–H and O–H groups in total. The van der Waals surface area contributed by atoms with Crippen LogP contribution in [0, 0.1) is 5.92 Å². The van der Waals surface area contributed by atoms with E-state index in [4.69, 9.17) is 28.4 Å². The molecule has 3 rings (SSSR count). The Balaban J connectivity index is 2.10. The summed E-state index contributed by atoms with van der Waals surface area (Å²) < 4.78 is 32.9. The zero-order chi connectivity index (χ0) is 20.4. The number of hydrogen-bond donors (Lipinski definition) is 1. The standard InChI is InChI=1S/C20H24O8/c1-23-12-7-6-10(8-13(12)24-2)17-20(27-5)16(22)15-11(21)9-14(25-3)18(26-4)19(15)28-17/h6-9,11,15,18-19,21H,1-5H3. The third-order valence-corrected chi connectivity index (χ3v) is 4.96. The fourth-order valence-corrected chi connectivity index (χ4v) is 3.61. The second-order valence-electron chi connectivity index (χ2n) is 6.32. The Bertz CT molecular complexity index is 812. The fraction of sp³-hybridized carbons (Fsp3) is 0.450. The normalized spacial score (nSPS) is 26.8. The second-order valence-corrected chi connectivity index (χ2v) is 6.32. The van der Waals surface area contributed by atoms with Crippen molar-refractivity contribution in [2.45, 2.75) is 18.3 Å². The number of methoxy groups -OCH3 is 5. The van der Waals surface area contributed by atoms with Crippen LogP contribution < -0.4 is 9.47 Å². The quantitative estimate of drug-likeness (QED) is 0.779. The van der Waals surface area contributed by atoms with Crippen molar-refractivity contribution in [2.75, 3.05) is 35.5 Å². The first-order chi connectivity index (χ1) is 13.5. The van der Waals surface area contributed by atoms with E-state index in [1.165, 1.54) is 41.6 Å². The van der Waals surface area contributed by atoms with E-state index >= 15 is 0 Å². The number of carbonyl (C=O) groups excluding carboxylic acids is 1. The minimum absolute atomic E-state index is 0.0247. The van der Waals surface area contributed by atoms with Gasteiger partial charge < -0.3 is 33.5 Å². The van der Waals surface area contributed by atoms with Crippen molar-refractivity contribution >= 4 is 11.5 Å². The smallest absolute Gasteiger partial charge is 0.211 e. The number of ketones is 1. The van der Waals surface area contributed by atoms with Crippen LogP contribution in [-0.2, 0) is 23.7 Å². The lowest BCUT2D eigenvalue weighted by Crippen LogP contribution is -2.53. The summed E-state index contributed by atoms with van der Waals surface area (Å²) in [5, 5.41) is 10.5. The number of allylic oxidation sites excluding steroid dienone is 1. The Kier molecular flexibility index (Phi) is 5.81. The molecule has 1 aliphatic carbocycles. The van der Waals surface area contributed by atoms with Crippen LogP contribution in [0.3, 0.4) is 0 Å². The lowest BCUT2D eigenvalue weighted by atomic mass is 9.80. The van der Waals surface area contributed by atoms with E-state index in [2.05, 4.69) is 0 Å². The van der Waals surface area contributed by atoms with Crippen molar-refractivity contribution in [1.29, 1.82) is 0 Å². The van der Waals surface area contributed by atoms with Crippen LogP contribution >= 0.6 is 0 Å². The van der Waals surface area contributed by atoms with Gasteiger partial charge in [0, 0.05) is 12.7 Å². The Labute approximate surface area is 163 Å². The van der Waals surface area contributed by atoms with Gasteiger partial charge in [0.2, 0.25) is 11.5 Å². The summed E-state index contributed by atoms with van der Waals surface area (Å²) in [5.41, 5.74) is 0.569. The molecule has 0 saturated heterocycles. The highest BCUT2D eigenvalue weighted by Gasteiger charge is 2.51. The van der Waals surface area contributed by atoms with E-state index in [1.54, 1.807) is 18.2 Å². The Morgan fingerprint density at radius 3 is 2.25 bits per heavy atom. The number of benzene rings is 1. The summed E-state index contributed by atoms with van der Waals surface area (Å²) in [6.45, 7) is 0. The zero-order valence-electron chi connectivity index (χ0n) is 16.4. The van der Waals surface area contributed by atoms with Crippen molar-refractivity contribution in [1.82, 2.24) is 0 Å². The molecule has 8 nitrogen and oxygen atoms in total. The molecular formula is C20H24O8. The number of Topliss-reactive ketones (excluding diaryl/α,β-unsaturated/α-hetero) is 1. The largest absolute Gasteiger partial charge is 0.498 e. The molecule has 1 aromatic rings. The lowest BCUT2D eigenvalue weighted by molar-refractivity contribution is -0.142. The molecule has 0 fully saturated rings. The van der Waals surface area contributed by atoms with Crippen molar-refractivity contribution < 1.29 is 38.3 Å². The van der Waals surface area contributed by atoms with Gasteiger partial charge >= 0.3 is 0 Å². The molecule has 0 radical (unpaired) electrons. The number of aliphatic hydroxyl groups excluding tert-OH is 1. The van der Waals surface area contributed by atoms with Gasteiger partial charge in [0.1, 0.15) is 11.9 Å². The molecule has 8 heteroatoms. The van der Waals surface area contributed by atoms with Gasteiger partial charge in [0.15, 0.2) is 23.4 Å². The predicted octanol–water partition coefficient (Wildman–Crippen LogP) is 1.52. The van der Waals surface area contributed by atoms with Gasteiger partial charge in [-0.05, 0) is 24.3 Å². The highest BCUT2D eigenvalue weighted by Crippen LogP contribution is 2.41. The Hall–Kier alpha value is -2.71. The van der Waals surface area contributed by atoms with Crippen LogP contribution in [-0.4, -0.2) is 64.8 Å². The molecule has 0 aromatic heterocycles. The van der Waals surface area contributed by atoms with Crippen LogP contribution in [0.2, 0.25) is 0 Å². The van der Waals surface area contributed by atoms with Gasteiger partial charge in [-0.25, -0.2) is 0 Å². The molecule has 2 aliphatic rings. The maximum atomic E-state index is 13.1. The molecule has 4 atom stereocenters. The summed E-state index contributed by atoms with van der Waals surface area (Å²) in [5.74, 6) is 0.436. The summed E-state index contributed by atoms with van der Waals surface area (Å²) in [7, 11) is 7.40. The average Bonchev–Trinajstić information content (AvgIpc) is 2.72. The molecule has 1 aromatic carbocycles. The number of rotatable bonds is 6. The molecule has 28 heavy (non-hydrogen) atoms. The van der Waals surface area contributed by atoms with E-state index in [0.29, 0.717) is 22.8 Å². The van der Waals surface area contributed by atoms with Crippen molar-refractivity contribution in [3.8, 4) is 11.5 Å². The van der Waals surface area contributed by atoms with E-state index in [9.17, 15) is 9.90 Å². The third-order valence-electron chi connectivity index (χ3n) is 4.96. The Morgan fingerprint density at radius 2 is 1.68 bits per heavy atom. The van der Waals surface area contributed by atoms with Gasteiger partial charge in [0.05, 0.1) is 40.5 Å². The van der Waals surface area contributed by atoms with E-state index in [-0.39, 0.29) is 17.3 Å². The maximum Gasteiger partial charge on any atom is 0.211 e. The fourth-order valence-electron chi connectivity index (χ4n) is 3.61. The number of hydrogen-bond acceptors (Lipinski definition) is 8. The lowest BCUT2D eigenvalue weighted by Gasteiger charge is -2.41. The minimum atomic E-state index is -1.09. The van der Waals surface area contributed by atoms with Gasteiger partial charge in [-0.1, -0.05) is 0 Å². The van der Waals surface area contributed by atoms with Crippen molar-refractivity contribution in [2.24, 2.45) is 5.92 Å². The van der Waals surface area contributed by atoms with E-state index < -0.39 is 24.2 Å². The van der Waals surface area contributed by atoms with E-state index in [1.807, 2.05) is 0 Å². The molecule has 1 heterocycles. The summed E-state index contributed by atoms with van der Waals surface area (Å²) >= 11 is 0. The summed E-state index contributed by atoms with van der Waals surface area (Å²) in [6.07, 6.45) is -1.06. The summed E-state index contributed by atoms with van der Waals surface area (Å²) in [4.78, 5) is 13.1. The first kappa shape index (κ1) is 20.0. The first-order valence-corrected chi connectivity index (χ1v) is 8.68. The molecular weight excluding hydrogens is 368 g/mol. The topological polar surface area (TPSA) is 92.7 Å². The second kappa shape index (κ2) is 8.12. The molecule has 0 spiro atoms. The van der Waals surface area contributed by atoms with Gasteiger partial charge in [-0.15, -0.1) is 0 Å². The number of aliphatic hydroxyl groups is 1. The van der Waals surface area contributed by atoms with Crippen LogP contribution in [0.5, 0.6) is 11.5 Å². The maximum absolute atomic E-state index is 13.1. The van der Waals surface area contributed by atoms with Crippen LogP contribution in [0.4, 0.5) is 0 Å². The first-order valence-electron chi connectivity index (χ1n) is 8.68. The van der Waals surface area contributed by atoms with Crippen LogP contribution in [0.1, 0.15) is 5.56 Å². The van der Waals surface area contributed by atoms with Crippen molar-refractivity contribution in [3.63, 3.8) is 0 Å². The van der Waals surface area contributed by atoms with Crippen LogP contribution in [0.25, 0.3) is 5.76 Å². The monoisotopic (exact) mass is 392 g/mol. The Morgan fingerprint density at radius 1 is 0.964 bits per heavy atom. The molecule has 0 saturated carbocycles. The molecule has 0 amide bonds. The number of carbonyl (C=O) groups is 1. The average molecular weight is 392 g/mol. The van der Waals surface area contributed by atoms with Gasteiger partial charge in [0.25, 0.3) is 0 Å². The van der Waals surface area contributed by atoms with Crippen molar-refractivity contribution in [3.05, 3.63) is 41.4 Å². The number of fused-ring (bicyclic) bond motifs is 1. The minimum Gasteiger partial charge on any atom is -0.498 e. The van der Waals surface area contributed by atoms with E-state index in [0.717, 1.165) is 0 Å². The van der Waals surface area contributed by atoms with Crippen LogP contribution in [0.15, 0.2) is 35.8 Å². The summed E-state index contributed by atoms with van der Waals surface area (Å²) in [6, 6.07) is 5.13. The van der Waals surface area contributed by atoms with Gasteiger partial charge in [-0.2, -0.15) is 0 Å². The SMILES string of the molecule is COC1=CC(O)C2C(=O)C(OC)=C(c3ccc(OC)c(OC)c3)OC2C1OC. The molecule has 152 valence electrons. The molecule has 1 aliphatic heterocycles. The third kappa shape index (κ3) is 3.18. The number of ether oxygens (including phenoxy) is 6. The molecule has 4 unspecified atom stereocenters. The molecule has 0 bridgehead atoms. The zero-order valence-corrected chi connectivity index (χ0v) is 16.4. The predicted molar refractivity (Wildman–Crippen MR) is 98.7 cm³/mol. The highest BCUT2D eigenvalue weighted by molar-refractivity contribution is 6.03. The van der Waals surface area contributed by atoms with Gasteiger partial charge in [-0.3, -0.25) is 4.79 Å². The highest BCUT2D eigenvalue weighted by atomic mass is 16.6.